The number of ether oxygens (including phenoxy) is 3. The lowest BCUT2D eigenvalue weighted by Crippen LogP contribution is -2.36. The molecular formula is C20H24N4O4. The van der Waals surface area contributed by atoms with Crippen LogP contribution >= 0.6 is 0 Å². The molecule has 0 aliphatic carbocycles. The molecule has 0 spiro atoms. The van der Waals surface area contributed by atoms with Crippen LogP contribution in [0.1, 0.15) is 12.0 Å². The van der Waals surface area contributed by atoms with Crippen molar-refractivity contribution in [3.05, 3.63) is 42.1 Å². The minimum absolute atomic E-state index is 0.278. The number of nitrogens with one attached hydrogen (secondary N) is 2. The van der Waals surface area contributed by atoms with E-state index in [-0.39, 0.29) is 6.03 Å². The summed E-state index contributed by atoms with van der Waals surface area (Å²) in [7, 11) is 0. The lowest BCUT2D eigenvalue weighted by molar-refractivity contribution is 0.122. The molecule has 2 amide bonds. The number of aromatic nitrogens is 1. The maximum Gasteiger partial charge on any atom is 0.319 e. The largest absolute Gasteiger partial charge is 0.490 e. The number of urea groups is 1. The Bertz CT molecular complexity index is 824. The average molecular weight is 384 g/mol. The van der Waals surface area contributed by atoms with Gasteiger partial charge >= 0.3 is 6.03 Å². The first-order valence-corrected chi connectivity index (χ1v) is 9.50. The number of carbonyl (C=O) groups excluding carboxylic acids is 1. The zero-order valence-corrected chi connectivity index (χ0v) is 15.6. The Morgan fingerprint density at radius 3 is 2.71 bits per heavy atom. The smallest absolute Gasteiger partial charge is 0.319 e. The standard InChI is InChI=1S/C20H24N4O4/c25-20(23-16-2-3-17-18(13-16)28-9-1-8-27-17)22-14-15-4-5-21-19(12-15)24-6-10-26-11-7-24/h2-5,12-13H,1,6-11,14H2,(H2,22,23,25). The van der Waals surface area contributed by atoms with Crippen LogP contribution in [0, 0.1) is 0 Å². The first kappa shape index (κ1) is 18.4. The van der Waals surface area contributed by atoms with Crippen LogP contribution in [0.4, 0.5) is 16.3 Å². The Kier molecular flexibility index (Phi) is 5.77. The highest BCUT2D eigenvalue weighted by molar-refractivity contribution is 5.89. The van der Waals surface area contributed by atoms with Crippen molar-refractivity contribution in [1.29, 1.82) is 0 Å². The van der Waals surface area contributed by atoms with Crippen LogP contribution in [0.3, 0.4) is 0 Å². The van der Waals surface area contributed by atoms with E-state index in [9.17, 15) is 4.79 Å². The number of rotatable bonds is 4. The summed E-state index contributed by atoms with van der Waals surface area (Å²) >= 11 is 0. The van der Waals surface area contributed by atoms with Gasteiger partial charge in [0.2, 0.25) is 0 Å². The summed E-state index contributed by atoms with van der Waals surface area (Å²) in [6, 6.07) is 9.02. The Morgan fingerprint density at radius 1 is 1.04 bits per heavy atom. The molecule has 8 nitrogen and oxygen atoms in total. The normalized spacial score (nSPS) is 16.2. The highest BCUT2D eigenvalue weighted by Gasteiger charge is 2.14. The molecule has 2 aromatic rings. The molecule has 0 saturated carbocycles. The van der Waals surface area contributed by atoms with E-state index in [1.807, 2.05) is 18.2 Å². The molecule has 148 valence electrons. The summed E-state index contributed by atoms with van der Waals surface area (Å²) in [5.41, 5.74) is 1.65. The van der Waals surface area contributed by atoms with Crippen molar-refractivity contribution < 1.29 is 19.0 Å². The van der Waals surface area contributed by atoms with Crippen molar-refractivity contribution in [1.82, 2.24) is 10.3 Å². The number of hydrogen-bond donors (Lipinski definition) is 2. The maximum atomic E-state index is 12.3. The Labute approximate surface area is 163 Å². The van der Waals surface area contributed by atoms with E-state index in [0.717, 1.165) is 30.9 Å². The molecule has 8 heteroatoms. The van der Waals surface area contributed by atoms with Gasteiger partial charge < -0.3 is 29.7 Å². The molecule has 0 radical (unpaired) electrons. The molecule has 2 aliphatic heterocycles. The third-order valence-corrected chi connectivity index (χ3v) is 4.60. The molecule has 1 fully saturated rings. The van der Waals surface area contributed by atoms with Crippen LogP contribution in [0.15, 0.2) is 36.5 Å². The molecule has 3 heterocycles. The van der Waals surface area contributed by atoms with Crippen LogP contribution in [0.5, 0.6) is 11.5 Å². The van der Waals surface area contributed by atoms with Crippen LogP contribution in [0.25, 0.3) is 0 Å². The summed E-state index contributed by atoms with van der Waals surface area (Å²) in [6.45, 7) is 4.73. The van der Waals surface area contributed by atoms with E-state index < -0.39 is 0 Å². The maximum absolute atomic E-state index is 12.3. The molecular weight excluding hydrogens is 360 g/mol. The van der Waals surface area contributed by atoms with E-state index in [0.29, 0.717) is 50.2 Å². The minimum Gasteiger partial charge on any atom is -0.490 e. The number of fused-ring (bicyclic) bond motifs is 1. The lowest BCUT2D eigenvalue weighted by Gasteiger charge is -2.28. The second kappa shape index (κ2) is 8.79. The van der Waals surface area contributed by atoms with Crippen molar-refractivity contribution in [3.8, 4) is 11.5 Å². The van der Waals surface area contributed by atoms with Gasteiger partial charge in [-0.25, -0.2) is 9.78 Å². The highest BCUT2D eigenvalue weighted by atomic mass is 16.5. The minimum atomic E-state index is -0.278. The fourth-order valence-electron chi connectivity index (χ4n) is 3.13. The fourth-order valence-corrected chi connectivity index (χ4v) is 3.13. The van der Waals surface area contributed by atoms with Crippen LogP contribution < -0.4 is 25.0 Å². The number of benzene rings is 1. The summed E-state index contributed by atoms with van der Waals surface area (Å²) in [4.78, 5) is 18.9. The van der Waals surface area contributed by atoms with Crippen molar-refractivity contribution >= 4 is 17.5 Å². The lowest BCUT2D eigenvalue weighted by atomic mass is 10.2. The Hall–Kier alpha value is -3.00. The number of anilines is 2. The monoisotopic (exact) mass is 384 g/mol. The van der Waals surface area contributed by atoms with E-state index in [2.05, 4.69) is 20.5 Å². The quantitative estimate of drug-likeness (QED) is 0.842. The van der Waals surface area contributed by atoms with E-state index in [1.54, 1.807) is 18.3 Å². The van der Waals surface area contributed by atoms with Crippen LogP contribution in [0.2, 0.25) is 0 Å². The Morgan fingerprint density at radius 2 is 1.86 bits per heavy atom. The van der Waals surface area contributed by atoms with E-state index in [1.165, 1.54) is 0 Å². The molecule has 4 rings (SSSR count). The van der Waals surface area contributed by atoms with Gasteiger partial charge in [0, 0.05) is 44.0 Å². The number of hydrogen-bond acceptors (Lipinski definition) is 6. The number of carbonyl (C=O) groups is 1. The summed E-state index contributed by atoms with van der Waals surface area (Å²) in [6.07, 6.45) is 2.61. The van der Waals surface area contributed by atoms with Gasteiger partial charge in [-0.3, -0.25) is 0 Å². The molecule has 2 N–H and O–H groups in total. The highest BCUT2D eigenvalue weighted by Crippen LogP contribution is 2.32. The number of nitrogens with zero attached hydrogens (tertiary/aromatic N) is 2. The third kappa shape index (κ3) is 4.64. The predicted molar refractivity (Wildman–Crippen MR) is 105 cm³/mol. The second-order valence-corrected chi connectivity index (χ2v) is 6.64. The van der Waals surface area contributed by atoms with Gasteiger partial charge in [0.25, 0.3) is 0 Å². The Balaban J connectivity index is 1.33. The summed E-state index contributed by atoms with van der Waals surface area (Å²) in [5, 5.41) is 5.71. The molecule has 1 aromatic carbocycles. The van der Waals surface area contributed by atoms with Crippen LogP contribution in [-0.2, 0) is 11.3 Å². The third-order valence-electron chi connectivity index (χ3n) is 4.60. The molecule has 1 saturated heterocycles. The fraction of sp³-hybridized carbons (Fsp3) is 0.400. The van der Waals surface area contributed by atoms with Crippen LogP contribution in [-0.4, -0.2) is 50.5 Å². The first-order chi connectivity index (χ1) is 13.8. The average Bonchev–Trinajstić information content (AvgIpc) is 2.98. The topological polar surface area (TPSA) is 85.0 Å². The van der Waals surface area contributed by atoms with Crippen molar-refractivity contribution in [3.63, 3.8) is 0 Å². The zero-order valence-electron chi connectivity index (χ0n) is 15.6. The van der Waals surface area contributed by atoms with E-state index >= 15 is 0 Å². The van der Waals surface area contributed by atoms with Gasteiger partial charge in [0.05, 0.1) is 26.4 Å². The van der Waals surface area contributed by atoms with Crippen molar-refractivity contribution in [2.24, 2.45) is 0 Å². The second-order valence-electron chi connectivity index (χ2n) is 6.64. The molecule has 28 heavy (non-hydrogen) atoms. The summed E-state index contributed by atoms with van der Waals surface area (Å²) in [5.74, 6) is 2.27. The van der Waals surface area contributed by atoms with Gasteiger partial charge in [0.15, 0.2) is 11.5 Å². The molecule has 0 bridgehead atoms. The van der Waals surface area contributed by atoms with Crippen molar-refractivity contribution in [2.45, 2.75) is 13.0 Å². The first-order valence-electron chi connectivity index (χ1n) is 9.50. The van der Waals surface area contributed by atoms with Gasteiger partial charge in [-0.2, -0.15) is 0 Å². The van der Waals surface area contributed by atoms with Crippen molar-refractivity contribution in [2.75, 3.05) is 49.7 Å². The predicted octanol–water partition coefficient (Wildman–Crippen LogP) is 2.40. The number of amides is 2. The number of pyridine rings is 1. The molecule has 0 atom stereocenters. The molecule has 0 unspecified atom stereocenters. The SMILES string of the molecule is O=C(NCc1ccnc(N2CCOCC2)c1)Nc1ccc2c(c1)OCCCO2. The van der Waals surface area contributed by atoms with Gasteiger partial charge in [0.1, 0.15) is 5.82 Å². The van der Waals surface area contributed by atoms with E-state index in [4.69, 9.17) is 14.2 Å². The number of morpholine rings is 1. The van der Waals surface area contributed by atoms with Gasteiger partial charge in [-0.05, 0) is 29.8 Å². The molecule has 2 aliphatic rings. The van der Waals surface area contributed by atoms with Gasteiger partial charge in [-0.15, -0.1) is 0 Å². The van der Waals surface area contributed by atoms with Gasteiger partial charge in [-0.1, -0.05) is 0 Å². The zero-order chi connectivity index (χ0) is 19.2. The summed E-state index contributed by atoms with van der Waals surface area (Å²) < 4.78 is 16.6. The molecule has 1 aromatic heterocycles.